The van der Waals surface area contributed by atoms with Crippen LogP contribution in [0.5, 0.6) is 11.5 Å². The first kappa shape index (κ1) is 24.9. The van der Waals surface area contributed by atoms with Crippen molar-refractivity contribution >= 4 is 38.1 Å². The summed E-state index contributed by atoms with van der Waals surface area (Å²) in [5, 5.41) is 3.96. The fraction of sp³-hybridized carbons (Fsp3) is 0.200. The van der Waals surface area contributed by atoms with E-state index in [2.05, 4.69) is 26.5 Å². The van der Waals surface area contributed by atoms with E-state index in [1.54, 1.807) is 6.07 Å². The molecule has 0 unspecified atom stereocenters. The molecule has 0 aliphatic carbocycles. The van der Waals surface area contributed by atoms with Crippen molar-refractivity contribution in [2.24, 2.45) is 5.10 Å². The lowest BCUT2D eigenvalue weighted by Gasteiger charge is -2.23. The number of rotatable bonds is 9. The van der Waals surface area contributed by atoms with E-state index in [0.717, 1.165) is 19.9 Å². The predicted octanol–water partition coefficient (Wildman–Crippen LogP) is 3.60. The Labute approximate surface area is 212 Å². The molecule has 1 aliphatic rings. The highest BCUT2D eigenvalue weighted by molar-refractivity contribution is 9.10. The number of hydrogen-bond donors (Lipinski definition) is 1. The van der Waals surface area contributed by atoms with Gasteiger partial charge in [-0.1, -0.05) is 58.4 Å². The lowest BCUT2D eigenvalue weighted by Crippen LogP contribution is -2.40. The van der Waals surface area contributed by atoms with Crippen LogP contribution in [0.2, 0.25) is 0 Å². The zero-order valence-electron chi connectivity index (χ0n) is 18.8. The van der Waals surface area contributed by atoms with Crippen LogP contribution in [0, 0.1) is 0 Å². The van der Waals surface area contributed by atoms with Crippen LogP contribution in [0.15, 0.2) is 87.3 Å². The summed E-state index contributed by atoms with van der Waals surface area (Å²) in [6.45, 7) is 0.471. The lowest BCUT2D eigenvalue weighted by molar-refractivity contribution is -0.121. The molecule has 10 heteroatoms. The second-order valence-electron chi connectivity index (χ2n) is 7.73. The number of nitrogens with zero attached hydrogens (tertiary/aromatic N) is 2. The zero-order valence-corrected chi connectivity index (χ0v) is 21.2. The molecule has 0 radical (unpaired) electrons. The summed E-state index contributed by atoms with van der Waals surface area (Å²) >= 11 is 3.38. The number of carbonyl (C=O) groups excluding carboxylic acids is 1. The zero-order chi connectivity index (χ0) is 24.7. The fourth-order valence-corrected chi connectivity index (χ4v) is 5.31. The molecule has 0 saturated carbocycles. The summed E-state index contributed by atoms with van der Waals surface area (Å²) in [4.78, 5) is 12.7. The summed E-state index contributed by atoms with van der Waals surface area (Å²) in [6, 6.07) is 21.4. The largest absolute Gasteiger partial charge is 0.486 e. The summed E-state index contributed by atoms with van der Waals surface area (Å²) in [5.41, 5.74) is 4.16. The van der Waals surface area contributed by atoms with Gasteiger partial charge in [0.05, 0.1) is 17.7 Å². The molecule has 35 heavy (non-hydrogen) atoms. The van der Waals surface area contributed by atoms with Crippen molar-refractivity contribution in [3.63, 3.8) is 0 Å². The summed E-state index contributed by atoms with van der Waals surface area (Å²) < 4.78 is 40.1. The van der Waals surface area contributed by atoms with Gasteiger partial charge in [-0.2, -0.15) is 9.41 Å². The van der Waals surface area contributed by atoms with Gasteiger partial charge in [-0.15, -0.1) is 0 Å². The Morgan fingerprint density at radius 2 is 1.77 bits per heavy atom. The van der Waals surface area contributed by atoms with Gasteiger partial charge in [0, 0.05) is 17.1 Å². The topological polar surface area (TPSA) is 97.3 Å². The van der Waals surface area contributed by atoms with Crippen LogP contribution in [0.3, 0.4) is 0 Å². The van der Waals surface area contributed by atoms with Crippen molar-refractivity contribution in [1.82, 2.24) is 9.73 Å². The van der Waals surface area contributed by atoms with E-state index < -0.39 is 15.9 Å². The Morgan fingerprint density at radius 1 is 1.00 bits per heavy atom. The standard InChI is InChI=1S/C25H24BrN3O5S/c26-21-8-4-7-20(15-21)17-27-28-25(30)18-29(12-11-19-5-2-1-3-6-19)35(31,32)22-9-10-23-24(16-22)34-14-13-33-23/h1-10,15-17H,11-14,18H2,(H,28,30)/b27-17-. The van der Waals surface area contributed by atoms with Crippen LogP contribution in [0.1, 0.15) is 11.1 Å². The van der Waals surface area contributed by atoms with Gasteiger partial charge in [-0.3, -0.25) is 4.79 Å². The molecular weight excluding hydrogens is 534 g/mol. The summed E-state index contributed by atoms with van der Waals surface area (Å²) in [7, 11) is -4.00. The van der Waals surface area contributed by atoms with E-state index in [-0.39, 0.29) is 18.0 Å². The van der Waals surface area contributed by atoms with Crippen LogP contribution in [-0.2, 0) is 21.2 Å². The minimum atomic E-state index is -4.00. The monoisotopic (exact) mass is 557 g/mol. The molecule has 182 valence electrons. The summed E-state index contributed by atoms with van der Waals surface area (Å²) in [6.07, 6.45) is 1.94. The predicted molar refractivity (Wildman–Crippen MR) is 136 cm³/mol. The SMILES string of the molecule is O=C(CN(CCc1ccccc1)S(=O)(=O)c1ccc2c(c1)OCCO2)N/N=C\c1cccc(Br)c1. The number of carbonyl (C=O) groups is 1. The summed E-state index contributed by atoms with van der Waals surface area (Å²) in [5.74, 6) is 0.305. The molecule has 4 rings (SSSR count). The van der Waals surface area contributed by atoms with E-state index in [1.165, 1.54) is 18.3 Å². The average Bonchev–Trinajstić information content (AvgIpc) is 2.87. The molecule has 1 heterocycles. The van der Waals surface area contributed by atoms with Gasteiger partial charge in [0.1, 0.15) is 13.2 Å². The quantitative estimate of drug-likeness (QED) is 0.320. The number of amides is 1. The van der Waals surface area contributed by atoms with Crippen molar-refractivity contribution in [2.75, 3.05) is 26.3 Å². The Balaban J connectivity index is 1.51. The molecule has 0 spiro atoms. The van der Waals surface area contributed by atoms with E-state index in [1.807, 2.05) is 54.6 Å². The number of fused-ring (bicyclic) bond motifs is 1. The molecule has 1 aliphatic heterocycles. The third-order valence-corrected chi connectivity index (χ3v) is 7.55. The first-order chi connectivity index (χ1) is 16.9. The molecule has 0 aromatic heterocycles. The van der Waals surface area contributed by atoms with Crippen molar-refractivity contribution in [1.29, 1.82) is 0 Å². The molecule has 0 atom stereocenters. The first-order valence-electron chi connectivity index (χ1n) is 10.9. The van der Waals surface area contributed by atoms with Gasteiger partial charge in [0.2, 0.25) is 10.0 Å². The van der Waals surface area contributed by atoms with Gasteiger partial charge in [-0.05, 0) is 41.8 Å². The van der Waals surface area contributed by atoms with Crippen LogP contribution in [0.4, 0.5) is 0 Å². The Bertz CT molecular complexity index is 1320. The number of ether oxygens (including phenoxy) is 2. The maximum absolute atomic E-state index is 13.5. The number of sulfonamides is 1. The minimum absolute atomic E-state index is 0.0280. The molecular formula is C25H24BrN3O5S. The number of hydrazone groups is 1. The molecule has 1 N–H and O–H groups in total. The maximum Gasteiger partial charge on any atom is 0.255 e. The van der Waals surface area contributed by atoms with Crippen molar-refractivity contribution < 1.29 is 22.7 Å². The van der Waals surface area contributed by atoms with Gasteiger partial charge in [0.15, 0.2) is 11.5 Å². The lowest BCUT2D eigenvalue weighted by atomic mass is 10.1. The second-order valence-corrected chi connectivity index (χ2v) is 10.6. The molecule has 3 aromatic carbocycles. The van der Waals surface area contributed by atoms with Crippen LogP contribution < -0.4 is 14.9 Å². The van der Waals surface area contributed by atoms with Gasteiger partial charge in [0.25, 0.3) is 5.91 Å². The van der Waals surface area contributed by atoms with Gasteiger partial charge >= 0.3 is 0 Å². The highest BCUT2D eigenvalue weighted by atomic mass is 79.9. The Morgan fingerprint density at radius 3 is 2.54 bits per heavy atom. The van der Waals surface area contributed by atoms with E-state index in [0.29, 0.717) is 31.1 Å². The second kappa shape index (κ2) is 11.5. The van der Waals surface area contributed by atoms with Crippen molar-refractivity contribution in [2.45, 2.75) is 11.3 Å². The maximum atomic E-state index is 13.5. The van der Waals surface area contributed by atoms with E-state index in [4.69, 9.17) is 9.47 Å². The third-order valence-electron chi connectivity index (χ3n) is 5.22. The van der Waals surface area contributed by atoms with Crippen LogP contribution in [0.25, 0.3) is 0 Å². The molecule has 0 fully saturated rings. The molecule has 0 saturated heterocycles. The highest BCUT2D eigenvalue weighted by Crippen LogP contribution is 2.33. The number of hydrogen-bond acceptors (Lipinski definition) is 6. The molecule has 0 bridgehead atoms. The fourth-order valence-electron chi connectivity index (χ4n) is 3.48. The molecule has 8 nitrogen and oxygen atoms in total. The van der Waals surface area contributed by atoms with Gasteiger partial charge < -0.3 is 9.47 Å². The first-order valence-corrected chi connectivity index (χ1v) is 13.2. The highest BCUT2D eigenvalue weighted by Gasteiger charge is 2.28. The van der Waals surface area contributed by atoms with Crippen molar-refractivity contribution in [3.8, 4) is 11.5 Å². The number of benzene rings is 3. The smallest absolute Gasteiger partial charge is 0.255 e. The molecule has 1 amide bonds. The number of halogens is 1. The van der Waals surface area contributed by atoms with Crippen LogP contribution in [-0.4, -0.2) is 51.1 Å². The van der Waals surface area contributed by atoms with E-state index in [9.17, 15) is 13.2 Å². The normalized spacial score (nSPS) is 13.2. The Hall–Kier alpha value is -3.21. The van der Waals surface area contributed by atoms with Gasteiger partial charge in [-0.25, -0.2) is 13.8 Å². The van der Waals surface area contributed by atoms with E-state index >= 15 is 0 Å². The number of nitrogens with one attached hydrogen (secondary N) is 1. The van der Waals surface area contributed by atoms with Crippen LogP contribution >= 0.6 is 15.9 Å². The van der Waals surface area contributed by atoms with Crippen molar-refractivity contribution in [3.05, 3.63) is 88.4 Å². The molecule has 3 aromatic rings. The Kier molecular flexibility index (Phi) is 8.17. The third kappa shape index (κ3) is 6.68. The minimum Gasteiger partial charge on any atom is -0.486 e. The average molecular weight is 558 g/mol.